The third-order valence-electron chi connectivity index (χ3n) is 3.39. The summed E-state index contributed by atoms with van der Waals surface area (Å²) in [6, 6.07) is 12.9. The highest BCUT2D eigenvalue weighted by Crippen LogP contribution is 2.26. The van der Waals surface area contributed by atoms with Crippen molar-refractivity contribution in [1.82, 2.24) is 10.2 Å². The number of hydrogen-bond donors (Lipinski definition) is 1. The Bertz CT molecular complexity index is 975. The van der Waals surface area contributed by atoms with Gasteiger partial charge in [0.1, 0.15) is 5.75 Å². The molecular formula is C17H14N4O5S. The van der Waals surface area contributed by atoms with E-state index in [1.165, 1.54) is 18.2 Å². The minimum absolute atomic E-state index is 0.0633. The number of thioether (sulfide) groups is 1. The summed E-state index contributed by atoms with van der Waals surface area (Å²) in [5, 5.41) is 21.5. The Balaban J connectivity index is 1.60. The van der Waals surface area contributed by atoms with E-state index in [9.17, 15) is 14.9 Å². The van der Waals surface area contributed by atoms with Crippen LogP contribution in [0.25, 0.3) is 11.5 Å². The van der Waals surface area contributed by atoms with Crippen LogP contribution >= 0.6 is 11.8 Å². The second-order valence-electron chi connectivity index (χ2n) is 5.25. The van der Waals surface area contributed by atoms with Gasteiger partial charge in [-0.25, -0.2) is 0 Å². The van der Waals surface area contributed by atoms with Crippen molar-refractivity contribution in [3.8, 4) is 17.2 Å². The second kappa shape index (κ2) is 8.32. The number of nitro groups is 1. The van der Waals surface area contributed by atoms with Crippen LogP contribution in [0.15, 0.2) is 58.2 Å². The standard InChI is InChI=1S/C17H14N4O5S/c1-25-14-7-3-5-12(9-14)18-15(22)10-27-17-20-19-16(26-17)11-4-2-6-13(8-11)21(23)24/h2-9H,10H2,1H3,(H,18,22). The van der Waals surface area contributed by atoms with Crippen molar-refractivity contribution < 1.29 is 18.9 Å². The zero-order chi connectivity index (χ0) is 19.2. The van der Waals surface area contributed by atoms with E-state index in [2.05, 4.69) is 15.5 Å². The summed E-state index contributed by atoms with van der Waals surface area (Å²) in [6.07, 6.45) is 0. The number of nitrogens with zero attached hydrogens (tertiary/aromatic N) is 3. The van der Waals surface area contributed by atoms with Gasteiger partial charge in [0.25, 0.3) is 10.9 Å². The first-order chi connectivity index (χ1) is 13.0. The number of hydrogen-bond acceptors (Lipinski definition) is 8. The number of nitrogens with one attached hydrogen (secondary N) is 1. The minimum atomic E-state index is -0.502. The molecule has 0 fully saturated rings. The van der Waals surface area contributed by atoms with E-state index in [-0.39, 0.29) is 28.5 Å². The molecule has 0 saturated carbocycles. The van der Waals surface area contributed by atoms with Gasteiger partial charge in [0.05, 0.1) is 17.8 Å². The molecule has 27 heavy (non-hydrogen) atoms. The highest BCUT2D eigenvalue weighted by atomic mass is 32.2. The Hall–Kier alpha value is -3.40. The van der Waals surface area contributed by atoms with Crippen LogP contribution in [0.2, 0.25) is 0 Å². The molecule has 1 aromatic heterocycles. The van der Waals surface area contributed by atoms with Crippen LogP contribution in [0.3, 0.4) is 0 Å². The highest BCUT2D eigenvalue weighted by Gasteiger charge is 2.14. The van der Waals surface area contributed by atoms with Crippen LogP contribution in [0.5, 0.6) is 5.75 Å². The van der Waals surface area contributed by atoms with Gasteiger partial charge in [0.2, 0.25) is 11.8 Å². The van der Waals surface area contributed by atoms with E-state index in [0.717, 1.165) is 11.8 Å². The third-order valence-corrected chi connectivity index (χ3v) is 4.21. The van der Waals surface area contributed by atoms with Gasteiger partial charge in [-0.05, 0) is 18.2 Å². The van der Waals surface area contributed by atoms with Gasteiger partial charge in [0.15, 0.2) is 0 Å². The average molecular weight is 386 g/mol. The molecule has 0 radical (unpaired) electrons. The molecule has 1 N–H and O–H groups in total. The van der Waals surface area contributed by atoms with Crippen LogP contribution in [0.1, 0.15) is 0 Å². The first kappa shape index (κ1) is 18.4. The molecule has 2 aromatic carbocycles. The normalized spacial score (nSPS) is 10.4. The van der Waals surface area contributed by atoms with E-state index < -0.39 is 4.92 Å². The molecule has 3 rings (SSSR count). The van der Waals surface area contributed by atoms with Gasteiger partial charge in [-0.3, -0.25) is 14.9 Å². The SMILES string of the molecule is COc1cccc(NC(=O)CSc2nnc(-c3cccc([N+](=O)[O-])c3)o2)c1. The molecule has 0 atom stereocenters. The van der Waals surface area contributed by atoms with Gasteiger partial charge in [-0.1, -0.05) is 23.9 Å². The number of amides is 1. The Morgan fingerprint density at radius 3 is 2.85 bits per heavy atom. The number of nitro benzene ring substituents is 1. The van der Waals surface area contributed by atoms with Crippen LogP contribution < -0.4 is 10.1 Å². The van der Waals surface area contributed by atoms with Crippen molar-refractivity contribution in [3.63, 3.8) is 0 Å². The maximum Gasteiger partial charge on any atom is 0.277 e. The lowest BCUT2D eigenvalue weighted by molar-refractivity contribution is -0.384. The zero-order valence-electron chi connectivity index (χ0n) is 14.1. The molecule has 0 aliphatic carbocycles. The first-order valence-electron chi connectivity index (χ1n) is 7.70. The molecule has 0 saturated heterocycles. The quantitative estimate of drug-likeness (QED) is 0.373. The van der Waals surface area contributed by atoms with Gasteiger partial charge in [-0.15, -0.1) is 10.2 Å². The van der Waals surface area contributed by atoms with Crippen LogP contribution in [0, 0.1) is 10.1 Å². The summed E-state index contributed by atoms with van der Waals surface area (Å²) in [6.45, 7) is 0. The Kier molecular flexibility index (Phi) is 5.67. The van der Waals surface area contributed by atoms with Crippen LogP contribution in [-0.4, -0.2) is 33.9 Å². The lowest BCUT2D eigenvalue weighted by Crippen LogP contribution is -2.13. The maximum absolute atomic E-state index is 12.0. The van der Waals surface area contributed by atoms with E-state index >= 15 is 0 Å². The van der Waals surface area contributed by atoms with E-state index in [0.29, 0.717) is 17.0 Å². The summed E-state index contributed by atoms with van der Waals surface area (Å²) in [5.41, 5.74) is 0.977. The smallest absolute Gasteiger partial charge is 0.277 e. The summed E-state index contributed by atoms with van der Waals surface area (Å²) in [5.74, 6) is 0.602. The number of non-ortho nitro benzene ring substituents is 1. The number of aromatic nitrogens is 2. The summed E-state index contributed by atoms with van der Waals surface area (Å²) in [7, 11) is 1.55. The number of rotatable bonds is 7. The molecular weight excluding hydrogens is 372 g/mol. The fraction of sp³-hybridized carbons (Fsp3) is 0.118. The number of anilines is 1. The fourth-order valence-electron chi connectivity index (χ4n) is 2.16. The van der Waals surface area contributed by atoms with Crippen molar-refractivity contribution in [2.24, 2.45) is 0 Å². The van der Waals surface area contributed by atoms with E-state index in [1.54, 1.807) is 37.4 Å². The van der Waals surface area contributed by atoms with E-state index in [1.807, 2.05) is 0 Å². The van der Waals surface area contributed by atoms with Crippen molar-refractivity contribution >= 4 is 29.0 Å². The second-order valence-corrected chi connectivity index (χ2v) is 6.18. The third kappa shape index (κ3) is 4.82. The predicted molar refractivity (Wildman–Crippen MR) is 98.7 cm³/mol. The lowest BCUT2D eigenvalue weighted by atomic mass is 10.2. The maximum atomic E-state index is 12.0. The molecule has 9 nitrogen and oxygen atoms in total. The summed E-state index contributed by atoms with van der Waals surface area (Å²) in [4.78, 5) is 22.4. The van der Waals surface area contributed by atoms with Crippen molar-refractivity contribution in [2.45, 2.75) is 5.22 Å². The van der Waals surface area contributed by atoms with Gasteiger partial charge in [0, 0.05) is 29.4 Å². The van der Waals surface area contributed by atoms with Crippen molar-refractivity contribution in [2.75, 3.05) is 18.2 Å². The molecule has 0 unspecified atom stereocenters. The number of benzene rings is 2. The molecule has 3 aromatic rings. The highest BCUT2D eigenvalue weighted by molar-refractivity contribution is 7.99. The fourth-order valence-corrected chi connectivity index (χ4v) is 2.73. The van der Waals surface area contributed by atoms with Gasteiger partial charge in [-0.2, -0.15) is 0 Å². The zero-order valence-corrected chi connectivity index (χ0v) is 14.9. The molecule has 0 bridgehead atoms. The number of carbonyl (C=O) groups is 1. The Labute approximate surface area is 157 Å². The van der Waals surface area contributed by atoms with Gasteiger partial charge < -0.3 is 14.5 Å². The van der Waals surface area contributed by atoms with E-state index in [4.69, 9.17) is 9.15 Å². The largest absolute Gasteiger partial charge is 0.497 e. The molecule has 10 heteroatoms. The molecule has 0 aliphatic heterocycles. The van der Waals surface area contributed by atoms with Crippen LogP contribution in [-0.2, 0) is 4.79 Å². The summed E-state index contributed by atoms with van der Waals surface area (Å²) < 4.78 is 10.6. The predicted octanol–water partition coefficient (Wildman–Crippen LogP) is 3.38. The molecule has 1 heterocycles. The van der Waals surface area contributed by atoms with Crippen LogP contribution in [0.4, 0.5) is 11.4 Å². The monoisotopic (exact) mass is 386 g/mol. The molecule has 138 valence electrons. The number of methoxy groups -OCH3 is 1. The Morgan fingerprint density at radius 1 is 1.26 bits per heavy atom. The Morgan fingerprint density at radius 2 is 2.07 bits per heavy atom. The van der Waals surface area contributed by atoms with Crippen molar-refractivity contribution in [3.05, 3.63) is 58.6 Å². The first-order valence-corrected chi connectivity index (χ1v) is 8.69. The van der Waals surface area contributed by atoms with Gasteiger partial charge >= 0.3 is 0 Å². The molecule has 0 spiro atoms. The summed E-state index contributed by atoms with van der Waals surface area (Å²) >= 11 is 1.07. The number of ether oxygens (including phenoxy) is 1. The topological polar surface area (TPSA) is 120 Å². The lowest BCUT2D eigenvalue weighted by Gasteiger charge is -2.05. The van der Waals surface area contributed by atoms with Crippen molar-refractivity contribution in [1.29, 1.82) is 0 Å². The molecule has 1 amide bonds. The number of carbonyl (C=O) groups excluding carboxylic acids is 1. The average Bonchev–Trinajstić information content (AvgIpc) is 3.16. The molecule has 0 aliphatic rings. The minimum Gasteiger partial charge on any atom is -0.497 e.